The number of benzene rings is 2. The maximum Gasteiger partial charge on any atom is 0.257 e. The first-order valence-electron chi connectivity index (χ1n) is 8.33. The molecule has 1 aliphatic carbocycles. The Bertz CT molecular complexity index is 833. The molecule has 0 aromatic heterocycles. The van der Waals surface area contributed by atoms with Crippen molar-refractivity contribution in [1.29, 1.82) is 0 Å². The summed E-state index contributed by atoms with van der Waals surface area (Å²) < 4.78 is 25.2. The van der Waals surface area contributed by atoms with Crippen LogP contribution >= 0.6 is 11.6 Å². The minimum Gasteiger partial charge on any atom is -0.448 e. The Labute approximate surface area is 149 Å². The van der Waals surface area contributed by atoms with Crippen molar-refractivity contribution >= 4 is 23.2 Å². The second kappa shape index (κ2) is 6.23. The van der Waals surface area contributed by atoms with Crippen LogP contribution in [-0.4, -0.2) is 11.7 Å². The maximum atomic E-state index is 13.1. The first kappa shape index (κ1) is 16.2. The fourth-order valence-corrected chi connectivity index (χ4v) is 3.59. The van der Waals surface area contributed by atoms with E-state index in [2.05, 4.69) is 5.32 Å². The van der Waals surface area contributed by atoms with E-state index in [1.165, 1.54) is 18.6 Å². The van der Waals surface area contributed by atoms with Gasteiger partial charge in [0.25, 0.3) is 11.7 Å². The SMILES string of the molecule is O=C(Nc1ccc2c(c1)OC1(CCCCC1)O2)c1ccc(F)cc1Cl. The van der Waals surface area contributed by atoms with Gasteiger partial charge in [0.1, 0.15) is 5.82 Å². The first-order valence-corrected chi connectivity index (χ1v) is 8.71. The van der Waals surface area contributed by atoms with Gasteiger partial charge in [-0.2, -0.15) is 0 Å². The molecule has 25 heavy (non-hydrogen) atoms. The van der Waals surface area contributed by atoms with Gasteiger partial charge in [0.05, 0.1) is 10.6 Å². The minimum absolute atomic E-state index is 0.0689. The molecule has 4 rings (SSSR count). The Morgan fingerprint density at radius 3 is 2.56 bits per heavy atom. The highest BCUT2D eigenvalue weighted by atomic mass is 35.5. The van der Waals surface area contributed by atoms with E-state index < -0.39 is 17.5 Å². The number of halogens is 2. The number of amides is 1. The summed E-state index contributed by atoms with van der Waals surface area (Å²) in [5.41, 5.74) is 0.782. The van der Waals surface area contributed by atoms with Crippen LogP contribution in [0.4, 0.5) is 10.1 Å². The molecule has 2 aromatic rings. The molecular weight excluding hydrogens is 345 g/mol. The lowest BCUT2D eigenvalue weighted by Gasteiger charge is -2.31. The average Bonchev–Trinajstić information content (AvgIpc) is 2.91. The number of carbonyl (C=O) groups is 1. The lowest BCUT2D eigenvalue weighted by molar-refractivity contribution is -0.105. The van der Waals surface area contributed by atoms with Crippen molar-refractivity contribution in [3.63, 3.8) is 0 Å². The lowest BCUT2D eigenvalue weighted by atomic mass is 9.94. The molecule has 0 bridgehead atoms. The van der Waals surface area contributed by atoms with Gasteiger partial charge < -0.3 is 14.8 Å². The third-order valence-electron chi connectivity index (χ3n) is 4.58. The van der Waals surface area contributed by atoms with Crippen molar-refractivity contribution in [1.82, 2.24) is 0 Å². The van der Waals surface area contributed by atoms with Crippen molar-refractivity contribution in [3.05, 3.63) is 52.8 Å². The van der Waals surface area contributed by atoms with E-state index in [1.54, 1.807) is 18.2 Å². The monoisotopic (exact) mass is 361 g/mol. The largest absolute Gasteiger partial charge is 0.448 e. The molecule has 0 radical (unpaired) electrons. The highest BCUT2D eigenvalue weighted by molar-refractivity contribution is 6.34. The van der Waals surface area contributed by atoms with Gasteiger partial charge in [-0.05, 0) is 43.2 Å². The molecule has 0 saturated heterocycles. The van der Waals surface area contributed by atoms with Crippen molar-refractivity contribution in [2.24, 2.45) is 0 Å². The number of hydrogen-bond acceptors (Lipinski definition) is 3. The zero-order valence-electron chi connectivity index (χ0n) is 13.5. The molecule has 1 fully saturated rings. The van der Waals surface area contributed by atoms with Crippen molar-refractivity contribution in [2.75, 3.05) is 5.32 Å². The molecule has 1 heterocycles. The Balaban J connectivity index is 1.52. The van der Waals surface area contributed by atoms with Crippen molar-refractivity contribution < 1.29 is 18.7 Å². The minimum atomic E-state index is -0.552. The smallest absolute Gasteiger partial charge is 0.257 e. The number of rotatable bonds is 2. The quantitative estimate of drug-likeness (QED) is 0.803. The summed E-state index contributed by atoms with van der Waals surface area (Å²) >= 11 is 5.94. The fourth-order valence-electron chi connectivity index (χ4n) is 3.34. The zero-order valence-corrected chi connectivity index (χ0v) is 14.2. The highest BCUT2D eigenvalue weighted by Crippen LogP contribution is 2.46. The number of ether oxygens (including phenoxy) is 2. The van der Waals surface area contributed by atoms with E-state index in [-0.39, 0.29) is 10.6 Å². The zero-order chi connectivity index (χ0) is 17.4. The number of anilines is 1. The van der Waals surface area contributed by atoms with Crippen LogP contribution in [0.25, 0.3) is 0 Å². The molecule has 1 saturated carbocycles. The second-order valence-electron chi connectivity index (χ2n) is 6.42. The van der Waals surface area contributed by atoms with Gasteiger partial charge in [-0.3, -0.25) is 4.79 Å². The Morgan fingerprint density at radius 1 is 1.04 bits per heavy atom. The van der Waals surface area contributed by atoms with Gasteiger partial charge in [0.2, 0.25) is 0 Å². The van der Waals surface area contributed by atoms with Crippen LogP contribution in [0, 0.1) is 5.82 Å². The Morgan fingerprint density at radius 2 is 1.80 bits per heavy atom. The molecule has 4 nitrogen and oxygen atoms in total. The summed E-state index contributed by atoms with van der Waals surface area (Å²) in [6.07, 6.45) is 5.11. The van der Waals surface area contributed by atoms with E-state index in [1.807, 2.05) is 0 Å². The molecule has 0 atom stereocenters. The molecule has 130 valence electrons. The predicted octanol–water partition coefficient (Wildman–Crippen LogP) is 5.16. The predicted molar refractivity (Wildman–Crippen MR) is 92.9 cm³/mol. The first-order chi connectivity index (χ1) is 12.0. The normalized spacial score (nSPS) is 17.5. The fraction of sp³-hybridized carbons (Fsp3) is 0.316. The molecule has 1 spiro atoms. The van der Waals surface area contributed by atoms with Crippen LogP contribution in [0.2, 0.25) is 5.02 Å². The lowest BCUT2D eigenvalue weighted by Crippen LogP contribution is -2.40. The van der Waals surface area contributed by atoms with Gasteiger partial charge in [0.15, 0.2) is 11.5 Å². The molecule has 2 aromatic carbocycles. The summed E-state index contributed by atoms with van der Waals surface area (Å²) in [7, 11) is 0. The third kappa shape index (κ3) is 3.16. The molecule has 6 heteroatoms. The number of hydrogen-bond donors (Lipinski definition) is 1. The summed E-state index contributed by atoms with van der Waals surface area (Å²) in [6.45, 7) is 0. The summed E-state index contributed by atoms with van der Waals surface area (Å²) in [5.74, 6) is -0.119. The standard InChI is InChI=1S/C19H17ClFNO3/c20-15-10-12(21)4-6-14(15)18(23)22-13-5-7-16-17(11-13)25-19(24-16)8-2-1-3-9-19/h4-7,10-11H,1-3,8-9H2,(H,22,23). The van der Waals surface area contributed by atoms with Gasteiger partial charge in [-0.15, -0.1) is 0 Å². The van der Waals surface area contributed by atoms with Crippen LogP contribution in [0.5, 0.6) is 11.5 Å². The van der Waals surface area contributed by atoms with Crippen molar-refractivity contribution in [3.8, 4) is 11.5 Å². The summed E-state index contributed by atoms with van der Waals surface area (Å²) in [4.78, 5) is 12.4. The van der Waals surface area contributed by atoms with Gasteiger partial charge in [0, 0.05) is 24.6 Å². The third-order valence-corrected chi connectivity index (χ3v) is 4.90. The van der Waals surface area contributed by atoms with E-state index in [0.29, 0.717) is 17.2 Å². The summed E-state index contributed by atoms with van der Waals surface area (Å²) in [5, 5.41) is 2.83. The van der Waals surface area contributed by atoms with Crippen LogP contribution in [0.15, 0.2) is 36.4 Å². The number of carbonyl (C=O) groups excluding carboxylic acids is 1. The topological polar surface area (TPSA) is 47.6 Å². The van der Waals surface area contributed by atoms with Crippen LogP contribution in [0.3, 0.4) is 0 Å². The maximum absolute atomic E-state index is 13.1. The Kier molecular flexibility index (Phi) is 4.04. The van der Waals surface area contributed by atoms with Crippen molar-refractivity contribution in [2.45, 2.75) is 37.9 Å². The molecule has 2 aliphatic rings. The molecule has 1 N–H and O–H groups in total. The number of nitrogens with one attached hydrogen (secondary N) is 1. The summed E-state index contributed by atoms with van der Waals surface area (Å²) in [6, 6.07) is 8.96. The van der Waals surface area contributed by atoms with Crippen LogP contribution in [-0.2, 0) is 0 Å². The van der Waals surface area contributed by atoms with E-state index in [4.69, 9.17) is 21.1 Å². The molecule has 0 unspecified atom stereocenters. The number of fused-ring (bicyclic) bond motifs is 1. The average molecular weight is 362 g/mol. The molecular formula is C19H17ClFNO3. The second-order valence-corrected chi connectivity index (χ2v) is 6.82. The van der Waals surface area contributed by atoms with Gasteiger partial charge in [-0.25, -0.2) is 4.39 Å². The molecule has 1 aliphatic heterocycles. The van der Waals surface area contributed by atoms with E-state index in [9.17, 15) is 9.18 Å². The van der Waals surface area contributed by atoms with E-state index in [0.717, 1.165) is 31.7 Å². The Hall–Kier alpha value is -2.27. The van der Waals surface area contributed by atoms with Gasteiger partial charge in [-0.1, -0.05) is 18.0 Å². The van der Waals surface area contributed by atoms with Crippen LogP contribution in [0.1, 0.15) is 42.5 Å². The highest BCUT2D eigenvalue weighted by Gasteiger charge is 2.42. The van der Waals surface area contributed by atoms with Crippen LogP contribution < -0.4 is 14.8 Å². The van der Waals surface area contributed by atoms with Gasteiger partial charge >= 0.3 is 0 Å². The molecule has 1 amide bonds. The van der Waals surface area contributed by atoms with E-state index >= 15 is 0 Å².